The van der Waals surface area contributed by atoms with Gasteiger partial charge in [-0.2, -0.15) is 18.3 Å². The summed E-state index contributed by atoms with van der Waals surface area (Å²) in [4.78, 5) is 28.0. The number of hydrogen-bond acceptors (Lipinski definition) is 6. The van der Waals surface area contributed by atoms with Gasteiger partial charge in [0.2, 0.25) is 0 Å². The fraction of sp³-hybridized carbons (Fsp3) is 0.111. The number of carbonyl (C=O) groups is 2. The molecule has 8 nitrogen and oxygen atoms in total. The van der Waals surface area contributed by atoms with Crippen LogP contribution in [0, 0.1) is 0 Å². The van der Waals surface area contributed by atoms with Crippen LogP contribution in [0.25, 0.3) is 21.5 Å². The molecule has 4 heterocycles. The van der Waals surface area contributed by atoms with Crippen molar-refractivity contribution >= 4 is 39.1 Å². The number of thiophene rings is 1. The number of furan rings is 1. The molecule has 0 aliphatic heterocycles. The van der Waals surface area contributed by atoms with Gasteiger partial charge in [-0.1, -0.05) is 0 Å². The molecular weight excluding hydrogens is 423 g/mol. The van der Waals surface area contributed by atoms with E-state index in [0.29, 0.717) is 11.3 Å². The van der Waals surface area contributed by atoms with Crippen LogP contribution >= 0.6 is 11.3 Å². The maximum Gasteiger partial charge on any atom is 0.433 e. The number of pyridine rings is 1. The summed E-state index contributed by atoms with van der Waals surface area (Å²) in [6.07, 6.45) is -0.682. The van der Waals surface area contributed by atoms with Crippen molar-refractivity contribution in [2.24, 2.45) is 12.8 Å². The lowest BCUT2D eigenvalue weighted by Crippen LogP contribution is -2.16. The van der Waals surface area contributed by atoms with Crippen LogP contribution in [0.1, 0.15) is 25.7 Å². The van der Waals surface area contributed by atoms with Gasteiger partial charge in [-0.25, -0.2) is 4.98 Å². The third kappa shape index (κ3) is 3.41. The molecule has 4 aromatic heterocycles. The first-order valence-corrected chi connectivity index (χ1v) is 9.15. The minimum Gasteiger partial charge on any atom is -0.464 e. The van der Waals surface area contributed by atoms with E-state index in [1.165, 1.54) is 35.5 Å². The second-order valence-electron chi connectivity index (χ2n) is 6.24. The Morgan fingerprint density at radius 3 is 2.67 bits per heavy atom. The first-order chi connectivity index (χ1) is 14.1. The fourth-order valence-electron chi connectivity index (χ4n) is 2.89. The number of nitrogens with two attached hydrogens (primary N) is 1. The molecule has 0 bridgehead atoms. The number of fused-ring (bicyclic) bond motifs is 1. The van der Waals surface area contributed by atoms with E-state index in [1.807, 2.05) is 0 Å². The van der Waals surface area contributed by atoms with E-state index in [1.54, 1.807) is 7.05 Å². The Kier molecular flexibility index (Phi) is 4.57. The number of hydrogen-bond donors (Lipinski definition) is 2. The maximum atomic E-state index is 13.4. The molecule has 0 aliphatic rings. The number of anilines is 1. The Balaban J connectivity index is 1.97. The third-order valence-electron chi connectivity index (χ3n) is 4.17. The van der Waals surface area contributed by atoms with Crippen LogP contribution in [-0.2, 0) is 13.2 Å². The minimum absolute atomic E-state index is 0.0163. The summed E-state index contributed by atoms with van der Waals surface area (Å²) in [5.41, 5.74) is 4.42. The molecule has 30 heavy (non-hydrogen) atoms. The zero-order valence-electron chi connectivity index (χ0n) is 15.1. The number of aryl methyl sites for hydroxylation is 1. The molecule has 0 aliphatic carbocycles. The topological polar surface area (TPSA) is 116 Å². The Morgan fingerprint density at radius 2 is 2.10 bits per heavy atom. The Bertz CT molecular complexity index is 1270. The van der Waals surface area contributed by atoms with Crippen molar-refractivity contribution < 1.29 is 27.2 Å². The van der Waals surface area contributed by atoms with Crippen LogP contribution < -0.4 is 11.1 Å². The van der Waals surface area contributed by atoms with E-state index < -0.39 is 23.7 Å². The normalized spacial score (nSPS) is 11.7. The summed E-state index contributed by atoms with van der Waals surface area (Å²) in [6.45, 7) is 0. The van der Waals surface area contributed by atoms with Gasteiger partial charge >= 0.3 is 6.18 Å². The molecule has 0 aromatic carbocycles. The molecule has 154 valence electrons. The van der Waals surface area contributed by atoms with Crippen LogP contribution in [0.3, 0.4) is 0 Å². The molecule has 0 spiro atoms. The number of rotatable bonds is 4. The lowest BCUT2D eigenvalue weighted by Gasteiger charge is -2.10. The number of nitrogens with one attached hydrogen (secondary N) is 1. The second-order valence-corrected chi connectivity index (χ2v) is 7.24. The zero-order chi connectivity index (χ0) is 21.6. The SMILES string of the molecule is Cn1cc(C(=O)Nc2c(C(N)=O)sc3nc(C(F)(F)F)cc(-c4ccco4)c23)cn1. The molecule has 4 aromatic rings. The highest BCUT2D eigenvalue weighted by molar-refractivity contribution is 7.21. The number of halogens is 3. The highest BCUT2D eigenvalue weighted by atomic mass is 32.1. The van der Waals surface area contributed by atoms with Gasteiger partial charge in [-0.15, -0.1) is 11.3 Å². The van der Waals surface area contributed by atoms with Crippen LogP contribution in [0.5, 0.6) is 0 Å². The van der Waals surface area contributed by atoms with Crippen LogP contribution in [0.4, 0.5) is 18.9 Å². The van der Waals surface area contributed by atoms with E-state index in [-0.39, 0.29) is 37.7 Å². The van der Waals surface area contributed by atoms with Crippen LogP contribution in [0.15, 0.2) is 41.3 Å². The van der Waals surface area contributed by atoms with Crippen molar-refractivity contribution in [1.82, 2.24) is 14.8 Å². The number of aromatic nitrogens is 3. The first-order valence-electron chi connectivity index (χ1n) is 8.33. The lowest BCUT2D eigenvalue weighted by molar-refractivity contribution is -0.140. The number of alkyl halides is 3. The predicted octanol–water partition coefficient (Wildman–Crippen LogP) is 3.66. The average Bonchev–Trinajstić information content (AvgIpc) is 3.40. The highest BCUT2D eigenvalue weighted by Gasteiger charge is 2.35. The van der Waals surface area contributed by atoms with Crippen molar-refractivity contribution in [1.29, 1.82) is 0 Å². The molecule has 0 radical (unpaired) electrons. The molecule has 0 fully saturated rings. The molecular formula is C18H12F3N5O3S. The van der Waals surface area contributed by atoms with Crippen molar-refractivity contribution in [2.45, 2.75) is 6.18 Å². The summed E-state index contributed by atoms with van der Waals surface area (Å²) in [6, 6.07) is 3.77. The summed E-state index contributed by atoms with van der Waals surface area (Å²) in [7, 11) is 1.61. The molecule has 2 amide bonds. The first kappa shape index (κ1) is 19.6. The number of primary amides is 1. The number of amides is 2. The quantitative estimate of drug-likeness (QED) is 0.508. The fourth-order valence-corrected chi connectivity index (χ4v) is 3.89. The van der Waals surface area contributed by atoms with Gasteiger partial charge in [0.1, 0.15) is 21.2 Å². The van der Waals surface area contributed by atoms with Crippen LogP contribution in [-0.4, -0.2) is 26.6 Å². The van der Waals surface area contributed by atoms with Gasteiger partial charge in [-0.3, -0.25) is 14.3 Å². The molecule has 12 heteroatoms. The standard InChI is InChI=1S/C18H12F3N5O3S/c1-26-7-8(6-23-26)16(28)25-13-12-9(10-3-2-4-29-10)5-11(18(19,20)21)24-17(12)30-14(13)15(22)27/h2-7H,1H3,(H2,22,27)(H,25,28). The highest BCUT2D eigenvalue weighted by Crippen LogP contribution is 2.43. The van der Waals surface area contributed by atoms with Crippen molar-refractivity contribution in [3.05, 3.63) is 53.0 Å². The maximum absolute atomic E-state index is 13.4. The molecule has 0 saturated carbocycles. The number of carbonyl (C=O) groups excluding carboxylic acids is 2. The monoisotopic (exact) mass is 435 g/mol. The van der Waals surface area contributed by atoms with Gasteiger partial charge in [0.15, 0.2) is 0 Å². The number of nitrogens with zero attached hydrogens (tertiary/aromatic N) is 3. The summed E-state index contributed by atoms with van der Waals surface area (Å²) in [5.74, 6) is -1.42. The molecule has 0 atom stereocenters. The van der Waals surface area contributed by atoms with Gasteiger partial charge in [0.25, 0.3) is 11.8 Å². The molecule has 3 N–H and O–H groups in total. The Morgan fingerprint density at radius 1 is 1.33 bits per heavy atom. The third-order valence-corrected chi connectivity index (χ3v) is 5.27. The van der Waals surface area contributed by atoms with Crippen molar-refractivity contribution in [3.8, 4) is 11.3 Å². The molecule has 4 rings (SSSR count). The van der Waals surface area contributed by atoms with Crippen molar-refractivity contribution in [2.75, 3.05) is 5.32 Å². The van der Waals surface area contributed by atoms with Gasteiger partial charge in [-0.05, 0) is 18.2 Å². The largest absolute Gasteiger partial charge is 0.464 e. The van der Waals surface area contributed by atoms with Crippen molar-refractivity contribution in [3.63, 3.8) is 0 Å². The smallest absolute Gasteiger partial charge is 0.433 e. The summed E-state index contributed by atoms with van der Waals surface area (Å²) < 4.78 is 46.8. The van der Waals surface area contributed by atoms with Gasteiger partial charge < -0.3 is 15.5 Å². The van der Waals surface area contributed by atoms with Crippen LogP contribution in [0.2, 0.25) is 0 Å². The summed E-state index contributed by atoms with van der Waals surface area (Å²) in [5, 5.41) is 6.58. The van der Waals surface area contributed by atoms with E-state index >= 15 is 0 Å². The van der Waals surface area contributed by atoms with E-state index in [9.17, 15) is 22.8 Å². The summed E-state index contributed by atoms with van der Waals surface area (Å²) >= 11 is 0.653. The van der Waals surface area contributed by atoms with E-state index in [2.05, 4.69) is 15.4 Å². The Hall–Kier alpha value is -3.67. The van der Waals surface area contributed by atoms with Gasteiger partial charge in [0.05, 0.1) is 23.7 Å². The Labute approximate surface area is 170 Å². The minimum atomic E-state index is -4.73. The van der Waals surface area contributed by atoms with E-state index in [0.717, 1.165) is 6.07 Å². The lowest BCUT2D eigenvalue weighted by atomic mass is 10.1. The predicted molar refractivity (Wildman–Crippen MR) is 102 cm³/mol. The molecule has 0 unspecified atom stereocenters. The second kappa shape index (κ2) is 6.99. The van der Waals surface area contributed by atoms with Gasteiger partial charge in [0, 0.05) is 24.2 Å². The average molecular weight is 435 g/mol. The van der Waals surface area contributed by atoms with E-state index in [4.69, 9.17) is 10.2 Å². The molecule has 0 saturated heterocycles. The zero-order valence-corrected chi connectivity index (χ0v) is 16.0.